The fraction of sp³-hybridized carbons (Fsp3) is 0.312. The molecule has 0 radical (unpaired) electrons. The van der Waals surface area contributed by atoms with E-state index in [2.05, 4.69) is 20.6 Å². The van der Waals surface area contributed by atoms with E-state index in [9.17, 15) is 4.79 Å². The second-order valence-electron chi connectivity index (χ2n) is 5.69. The number of hydrogen-bond acceptors (Lipinski definition) is 5. The molecule has 1 saturated carbocycles. The lowest BCUT2D eigenvalue weighted by Gasteiger charge is -2.23. The normalized spacial score (nSPS) is 14.7. The SMILES string of the molecule is Cc1nc2cc(NC(=O)Nc3ncc(C4CCC4)s3)ccc2s1. The smallest absolute Gasteiger partial charge is 0.308 e. The zero-order valence-electron chi connectivity index (χ0n) is 12.6. The molecule has 1 aliphatic carbocycles. The summed E-state index contributed by atoms with van der Waals surface area (Å²) in [5.74, 6) is 0.640. The highest BCUT2D eigenvalue weighted by molar-refractivity contribution is 7.18. The number of carbonyl (C=O) groups is 1. The Bertz CT molecular complexity index is 866. The number of amides is 2. The summed E-state index contributed by atoms with van der Waals surface area (Å²) in [5.41, 5.74) is 1.64. The van der Waals surface area contributed by atoms with Crippen LogP contribution in [-0.2, 0) is 0 Å². The van der Waals surface area contributed by atoms with Gasteiger partial charge in [-0.25, -0.2) is 14.8 Å². The average Bonchev–Trinajstić information content (AvgIpc) is 3.02. The van der Waals surface area contributed by atoms with Crippen LogP contribution in [0.4, 0.5) is 15.6 Å². The molecule has 0 unspecified atom stereocenters. The first kappa shape index (κ1) is 14.6. The second kappa shape index (κ2) is 5.90. The van der Waals surface area contributed by atoms with Gasteiger partial charge in [0.05, 0.1) is 15.2 Å². The van der Waals surface area contributed by atoms with Gasteiger partial charge in [-0.3, -0.25) is 5.32 Å². The second-order valence-corrected chi connectivity index (χ2v) is 7.99. The Labute approximate surface area is 141 Å². The zero-order chi connectivity index (χ0) is 15.8. The molecule has 3 aromatic rings. The molecule has 4 rings (SSSR count). The first-order valence-corrected chi connectivity index (χ1v) is 9.21. The van der Waals surface area contributed by atoms with Crippen LogP contribution in [0.1, 0.15) is 35.1 Å². The van der Waals surface area contributed by atoms with Gasteiger partial charge < -0.3 is 5.32 Å². The number of nitrogens with one attached hydrogen (secondary N) is 2. The Balaban J connectivity index is 1.42. The number of rotatable bonds is 3. The van der Waals surface area contributed by atoms with E-state index in [1.807, 2.05) is 31.3 Å². The lowest BCUT2D eigenvalue weighted by Crippen LogP contribution is -2.19. The molecule has 0 saturated heterocycles. The standard InChI is InChI=1S/C16H16N4OS2/c1-9-18-12-7-11(5-6-13(12)22-9)19-15(21)20-16-17-8-14(23-16)10-3-2-4-10/h5-8,10H,2-4H2,1H3,(H2,17,19,20,21). The quantitative estimate of drug-likeness (QED) is 0.704. The van der Waals surface area contributed by atoms with E-state index in [4.69, 9.17) is 0 Å². The van der Waals surface area contributed by atoms with E-state index in [1.54, 1.807) is 22.7 Å². The first-order valence-electron chi connectivity index (χ1n) is 7.58. The van der Waals surface area contributed by atoms with Gasteiger partial charge in [0.1, 0.15) is 0 Å². The summed E-state index contributed by atoms with van der Waals surface area (Å²) in [4.78, 5) is 22.1. The molecule has 2 amide bonds. The average molecular weight is 344 g/mol. The van der Waals surface area contributed by atoms with Crippen molar-refractivity contribution in [2.24, 2.45) is 0 Å². The molecule has 0 spiro atoms. The van der Waals surface area contributed by atoms with Crippen molar-refractivity contribution in [3.05, 3.63) is 34.3 Å². The molecule has 7 heteroatoms. The van der Waals surface area contributed by atoms with Crippen molar-refractivity contribution in [3.8, 4) is 0 Å². The Morgan fingerprint density at radius 1 is 1.26 bits per heavy atom. The van der Waals surface area contributed by atoms with Crippen molar-refractivity contribution in [2.45, 2.75) is 32.1 Å². The molecular formula is C16H16N4OS2. The van der Waals surface area contributed by atoms with Crippen LogP contribution in [0.2, 0.25) is 0 Å². The van der Waals surface area contributed by atoms with Gasteiger partial charge in [-0.15, -0.1) is 22.7 Å². The van der Waals surface area contributed by atoms with E-state index >= 15 is 0 Å². The third-order valence-electron chi connectivity index (χ3n) is 4.00. The largest absolute Gasteiger partial charge is 0.325 e. The van der Waals surface area contributed by atoms with Crippen LogP contribution in [0, 0.1) is 6.92 Å². The Hall–Kier alpha value is -1.99. The maximum atomic E-state index is 12.1. The number of thiazole rings is 2. The Morgan fingerprint density at radius 3 is 2.91 bits per heavy atom. The van der Waals surface area contributed by atoms with Gasteiger partial charge in [0.2, 0.25) is 0 Å². The molecule has 1 aliphatic rings. The molecule has 0 atom stereocenters. The maximum absolute atomic E-state index is 12.1. The van der Waals surface area contributed by atoms with E-state index in [-0.39, 0.29) is 6.03 Å². The number of aromatic nitrogens is 2. The number of urea groups is 1. The van der Waals surface area contributed by atoms with Crippen molar-refractivity contribution in [2.75, 3.05) is 10.6 Å². The van der Waals surface area contributed by atoms with Gasteiger partial charge >= 0.3 is 6.03 Å². The Kier molecular flexibility index (Phi) is 3.74. The van der Waals surface area contributed by atoms with Gasteiger partial charge in [-0.1, -0.05) is 6.42 Å². The highest BCUT2D eigenvalue weighted by atomic mass is 32.1. The predicted molar refractivity (Wildman–Crippen MR) is 95.7 cm³/mol. The minimum absolute atomic E-state index is 0.272. The molecule has 1 fully saturated rings. The summed E-state index contributed by atoms with van der Waals surface area (Å²) in [6.07, 6.45) is 5.65. The molecular weight excluding hydrogens is 328 g/mol. The number of aryl methyl sites for hydroxylation is 1. The van der Waals surface area contributed by atoms with Crippen LogP contribution in [0.15, 0.2) is 24.4 Å². The lowest BCUT2D eigenvalue weighted by atomic mass is 9.85. The molecule has 2 heterocycles. The molecule has 0 aliphatic heterocycles. The van der Waals surface area contributed by atoms with Crippen LogP contribution < -0.4 is 10.6 Å². The number of anilines is 2. The van der Waals surface area contributed by atoms with E-state index in [0.29, 0.717) is 11.0 Å². The van der Waals surface area contributed by atoms with Crippen LogP contribution in [0.25, 0.3) is 10.2 Å². The van der Waals surface area contributed by atoms with Gasteiger partial charge in [-0.05, 0) is 43.9 Å². The van der Waals surface area contributed by atoms with Crippen molar-refractivity contribution in [1.82, 2.24) is 9.97 Å². The van der Waals surface area contributed by atoms with Crippen LogP contribution in [0.3, 0.4) is 0 Å². The topological polar surface area (TPSA) is 66.9 Å². The number of hydrogen-bond donors (Lipinski definition) is 2. The summed E-state index contributed by atoms with van der Waals surface area (Å²) in [5, 5.41) is 7.32. The van der Waals surface area contributed by atoms with E-state index < -0.39 is 0 Å². The molecule has 1 aromatic carbocycles. The molecule has 0 bridgehead atoms. The van der Waals surface area contributed by atoms with Gasteiger partial charge in [0.25, 0.3) is 0 Å². The number of nitrogens with zero attached hydrogens (tertiary/aromatic N) is 2. The van der Waals surface area contributed by atoms with Crippen molar-refractivity contribution in [1.29, 1.82) is 0 Å². The molecule has 23 heavy (non-hydrogen) atoms. The fourth-order valence-corrected chi connectivity index (χ4v) is 4.39. The minimum Gasteiger partial charge on any atom is -0.308 e. The summed E-state index contributed by atoms with van der Waals surface area (Å²) in [7, 11) is 0. The van der Waals surface area contributed by atoms with Crippen molar-refractivity contribution < 1.29 is 4.79 Å². The van der Waals surface area contributed by atoms with Gasteiger partial charge in [0, 0.05) is 16.8 Å². The van der Waals surface area contributed by atoms with E-state index in [1.165, 1.54) is 24.1 Å². The molecule has 2 N–H and O–H groups in total. The fourth-order valence-electron chi connectivity index (χ4n) is 2.61. The zero-order valence-corrected chi connectivity index (χ0v) is 14.3. The molecule has 5 nitrogen and oxygen atoms in total. The number of carbonyl (C=O) groups excluding carboxylic acids is 1. The summed E-state index contributed by atoms with van der Waals surface area (Å²) < 4.78 is 1.12. The maximum Gasteiger partial charge on any atom is 0.325 e. The van der Waals surface area contributed by atoms with Crippen LogP contribution in [0.5, 0.6) is 0 Å². The summed E-state index contributed by atoms with van der Waals surface area (Å²) in [6, 6.07) is 5.49. The number of fused-ring (bicyclic) bond motifs is 1. The predicted octanol–water partition coefficient (Wildman–Crippen LogP) is 4.97. The third kappa shape index (κ3) is 3.07. The van der Waals surface area contributed by atoms with Gasteiger partial charge in [-0.2, -0.15) is 0 Å². The highest BCUT2D eigenvalue weighted by Crippen LogP contribution is 2.39. The van der Waals surface area contributed by atoms with Crippen molar-refractivity contribution in [3.63, 3.8) is 0 Å². The molecule has 2 aromatic heterocycles. The minimum atomic E-state index is -0.272. The Morgan fingerprint density at radius 2 is 2.13 bits per heavy atom. The molecule has 118 valence electrons. The summed E-state index contributed by atoms with van der Waals surface area (Å²) >= 11 is 3.22. The van der Waals surface area contributed by atoms with Gasteiger partial charge in [0.15, 0.2) is 5.13 Å². The lowest BCUT2D eigenvalue weighted by molar-refractivity contribution is 0.262. The first-order chi connectivity index (χ1) is 11.2. The summed E-state index contributed by atoms with van der Waals surface area (Å²) in [6.45, 7) is 1.98. The third-order valence-corrected chi connectivity index (χ3v) is 6.03. The van der Waals surface area contributed by atoms with Crippen molar-refractivity contribution >= 4 is 49.7 Å². The van der Waals surface area contributed by atoms with Crippen LogP contribution in [-0.4, -0.2) is 16.0 Å². The highest BCUT2D eigenvalue weighted by Gasteiger charge is 2.22. The van der Waals surface area contributed by atoms with Crippen LogP contribution >= 0.6 is 22.7 Å². The van der Waals surface area contributed by atoms with E-state index in [0.717, 1.165) is 20.9 Å². The number of benzene rings is 1. The monoisotopic (exact) mass is 344 g/mol.